The second-order valence-electron chi connectivity index (χ2n) is 8.06. The standard InChI is InChI=1S/C28H22ClF3N2O2S/c1-18(35)34(27-12-11-22(16-33-27)37-17-19-7-4-3-5-8-19)25-15-24(29)23(14-26(25)36-2)20-9-6-10-21(13-20)28(30,31)32/h3-16H,17H2,1-2H3. The molecule has 190 valence electrons. The first kappa shape index (κ1) is 26.6. The van der Waals surface area contributed by atoms with Crippen molar-refractivity contribution in [1.29, 1.82) is 0 Å². The number of benzene rings is 3. The Morgan fingerprint density at radius 1 is 1.03 bits per heavy atom. The van der Waals surface area contributed by atoms with Crippen molar-refractivity contribution >= 4 is 40.8 Å². The number of alkyl halides is 3. The van der Waals surface area contributed by atoms with E-state index in [0.717, 1.165) is 22.8 Å². The van der Waals surface area contributed by atoms with Gasteiger partial charge in [-0.05, 0) is 47.5 Å². The van der Waals surface area contributed by atoms with Crippen LogP contribution in [0.2, 0.25) is 5.02 Å². The minimum absolute atomic E-state index is 0.163. The Bertz CT molecular complexity index is 1400. The van der Waals surface area contributed by atoms with E-state index in [1.807, 2.05) is 36.4 Å². The smallest absolute Gasteiger partial charge is 0.416 e. The first-order valence-electron chi connectivity index (χ1n) is 11.2. The van der Waals surface area contributed by atoms with Gasteiger partial charge in [-0.15, -0.1) is 11.8 Å². The summed E-state index contributed by atoms with van der Waals surface area (Å²) in [6.07, 6.45) is -2.81. The van der Waals surface area contributed by atoms with E-state index in [9.17, 15) is 18.0 Å². The quantitative estimate of drug-likeness (QED) is 0.220. The fourth-order valence-electron chi connectivity index (χ4n) is 3.75. The number of amides is 1. The summed E-state index contributed by atoms with van der Waals surface area (Å²) in [6, 6.07) is 21.5. The zero-order valence-electron chi connectivity index (χ0n) is 19.9. The van der Waals surface area contributed by atoms with E-state index in [4.69, 9.17) is 16.3 Å². The first-order chi connectivity index (χ1) is 17.7. The topological polar surface area (TPSA) is 42.4 Å². The van der Waals surface area contributed by atoms with Crippen LogP contribution < -0.4 is 9.64 Å². The van der Waals surface area contributed by atoms with Gasteiger partial charge in [-0.3, -0.25) is 9.69 Å². The molecular weight excluding hydrogens is 521 g/mol. The second-order valence-corrected chi connectivity index (χ2v) is 9.52. The minimum atomic E-state index is -4.49. The van der Waals surface area contributed by atoms with E-state index in [1.165, 1.54) is 48.8 Å². The number of ether oxygens (including phenoxy) is 1. The molecule has 0 spiro atoms. The molecule has 0 saturated heterocycles. The largest absolute Gasteiger partial charge is 0.495 e. The molecule has 4 nitrogen and oxygen atoms in total. The molecule has 0 aliphatic carbocycles. The van der Waals surface area contributed by atoms with Crippen LogP contribution in [0.1, 0.15) is 18.1 Å². The van der Waals surface area contributed by atoms with Crippen LogP contribution in [0.4, 0.5) is 24.7 Å². The van der Waals surface area contributed by atoms with Crippen molar-refractivity contribution in [3.8, 4) is 16.9 Å². The van der Waals surface area contributed by atoms with Crippen molar-refractivity contribution in [3.05, 3.63) is 101 Å². The van der Waals surface area contributed by atoms with Crippen molar-refractivity contribution in [1.82, 2.24) is 4.98 Å². The lowest BCUT2D eigenvalue weighted by atomic mass is 10.0. The molecule has 0 fully saturated rings. The summed E-state index contributed by atoms with van der Waals surface area (Å²) in [5.41, 5.74) is 1.34. The van der Waals surface area contributed by atoms with Gasteiger partial charge in [-0.1, -0.05) is 54.1 Å². The van der Waals surface area contributed by atoms with Gasteiger partial charge in [0.25, 0.3) is 0 Å². The average Bonchev–Trinajstić information content (AvgIpc) is 2.88. The maximum atomic E-state index is 13.2. The molecule has 37 heavy (non-hydrogen) atoms. The predicted molar refractivity (Wildman–Crippen MR) is 142 cm³/mol. The van der Waals surface area contributed by atoms with Gasteiger partial charge in [0.2, 0.25) is 5.91 Å². The number of halogens is 4. The SMILES string of the molecule is COc1cc(-c2cccc(C(F)(F)F)c2)c(Cl)cc1N(C(C)=O)c1ccc(SCc2ccccc2)cn1. The normalized spacial score (nSPS) is 11.3. The molecule has 0 N–H and O–H groups in total. The molecule has 4 aromatic rings. The lowest BCUT2D eigenvalue weighted by Crippen LogP contribution is -2.24. The minimum Gasteiger partial charge on any atom is -0.495 e. The molecule has 0 bridgehead atoms. The monoisotopic (exact) mass is 542 g/mol. The summed E-state index contributed by atoms with van der Waals surface area (Å²) in [7, 11) is 1.41. The molecule has 9 heteroatoms. The summed E-state index contributed by atoms with van der Waals surface area (Å²) in [5.74, 6) is 1.06. The number of anilines is 2. The van der Waals surface area contributed by atoms with Crippen LogP contribution in [0.15, 0.2) is 90.0 Å². The van der Waals surface area contributed by atoms with Crippen molar-refractivity contribution < 1.29 is 22.7 Å². The van der Waals surface area contributed by atoms with E-state index >= 15 is 0 Å². The van der Waals surface area contributed by atoms with Gasteiger partial charge in [0.15, 0.2) is 0 Å². The molecule has 0 aliphatic rings. The Kier molecular flexibility index (Phi) is 8.10. The molecule has 0 atom stereocenters. The Morgan fingerprint density at radius 3 is 2.41 bits per heavy atom. The number of rotatable bonds is 7. The number of hydrogen-bond acceptors (Lipinski definition) is 4. The van der Waals surface area contributed by atoms with E-state index in [2.05, 4.69) is 4.98 Å². The highest BCUT2D eigenvalue weighted by Gasteiger charge is 2.31. The number of aromatic nitrogens is 1. The lowest BCUT2D eigenvalue weighted by Gasteiger charge is -2.24. The zero-order chi connectivity index (χ0) is 26.6. The van der Waals surface area contributed by atoms with Crippen molar-refractivity contribution in [2.24, 2.45) is 0 Å². The van der Waals surface area contributed by atoms with Gasteiger partial charge >= 0.3 is 6.18 Å². The molecule has 0 unspecified atom stereocenters. The summed E-state index contributed by atoms with van der Waals surface area (Å²) in [5, 5.41) is 0.163. The Balaban J connectivity index is 1.65. The van der Waals surface area contributed by atoms with Crippen LogP contribution in [-0.2, 0) is 16.7 Å². The van der Waals surface area contributed by atoms with Gasteiger partial charge in [-0.2, -0.15) is 13.2 Å². The number of nitrogens with zero attached hydrogens (tertiary/aromatic N) is 2. The van der Waals surface area contributed by atoms with Gasteiger partial charge in [-0.25, -0.2) is 4.98 Å². The number of methoxy groups -OCH3 is 1. The fourth-order valence-corrected chi connectivity index (χ4v) is 4.84. The average molecular weight is 543 g/mol. The first-order valence-corrected chi connectivity index (χ1v) is 12.5. The molecule has 4 rings (SSSR count). The zero-order valence-corrected chi connectivity index (χ0v) is 21.5. The molecular formula is C28H22ClF3N2O2S. The Hall–Kier alpha value is -3.49. The highest BCUT2D eigenvalue weighted by molar-refractivity contribution is 7.98. The molecule has 0 aliphatic heterocycles. The fraction of sp³-hybridized carbons (Fsp3) is 0.143. The van der Waals surface area contributed by atoms with E-state index < -0.39 is 11.7 Å². The third-order valence-corrected chi connectivity index (χ3v) is 6.89. The third-order valence-electron chi connectivity index (χ3n) is 5.52. The van der Waals surface area contributed by atoms with E-state index in [0.29, 0.717) is 17.1 Å². The maximum absolute atomic E-state index is 13.2. The molecule has 1 heterocycles. The lowest BCUT2D eigenvalue weighted by molar-refractivity contribution is -0.137. The van der Waals surface area contributed by atoms with Gasteiger partial charge in [0.05, 0.1) is 23.4 Å². The van der Waals surface area contributed by atoms with E-state index in [-0.39, 0.29) is 22.2 Å². The Labute approximate surface area is 222 Å². The van der Waals surface area contributed by atoms with Gasteiger partial charge < -0.3 is 4.74 Å². The van der Waals surface area contributed by atoms with Crippen LogP contribution in [0.25, 0.3) is 11.1 Å². The van der Waals surface area contributed by atoms with Crippen LogP contribution in [0.5, 0.6) is 5.75 Å². The van der Waals surface area contributed by atoms with Gasteiger partial charge in [0, 0.05) is 29.3 Å². The molecule has 1 aromatic heterocycles. The highest BCUT2D eigenvalue weighted by atomic mass is 35.5. The van der Waals surface area contributed by atoms with Crippen LogP contribution in [-0.4, -0.2) is 18.0 Å². The third kappa shape index (κ3) is 6.26. The molecule has 0 radical (unpaired) electrons. The maximum Gasteiger partial charge on any atom is 0.416 e. The highest BCUT2D eigenvalue weighted by Crippen LogP contribution is 2.42. The van der Waals surface area contributed by atoms with Crippen LogP contribution in [0, 0.1) is 0 Å². The summed E-state index contributed by atoms with van der Waals surface area (Å²) >= 11 is 8.14. The predicted octanol–water partition coefficient (Wildman–Crippen LogP) is 8.41. The van der Waals surface area contributed by atoms with Crippen molar-refractivity contribution in [2.45, 2.75) is 23.7 Å². The summed E-state index contributed by atoms with van der Waals surface area (Å²) < 4.78 is 45.2. The molecule has 3 aromatic carbocycles. The van der Waals surface area contributed by atoms with Crippen molar-refractivity contribution in [3.63, 3.8) is 0 Å². The number of pyridine rings is 1. The number of hydrogen-bond donors (Lipinski definition) is 0. The molecule has 0 saturated carbocycles. The van der Waals surface area contributed by atoms with Crippen LogP contribution in [0.3, 0.4) is 0 Å². The van der Waals surface area contributed by atoms with Crippen LogP contribution >= 0.6 is 23.4 Å². The van der Waals surface area contributed by atoms with Gasteiger partial charge in [0.1, 0.15) is 11.6 Å². The van der Waals surface area contributed by atoms with E-state index in [1.54, 1.807) is 24.0 Å². The molecule has 1 amide bonds. The number of thioether (sulfide) groups is 1. The Morgan fingerprint density at radius 2 is 1.78 bits per heavy atom. The second kappa shape index (κ2) is 11.3. The number of carbonyl (C=O) groups is 1. The van der Waals surface area contributed by atoms with Crippen molar-refractivity contribution in [2.75, 3.05) is 12.0 Å². The number of carbonyl (C=O) groups excluding carboxylic acids is 1. The summed E-state index contributed by atoms with van der Waals surface area (Å²) in [4.78, 5) is 19.4. The summed E-state index contributed by atoms with van der Waals surface area (Å²) in [6.45, 7) is 1.38.